The van der Waals surface area contributed by atoms with Crippen LogP contribution in [0.3, 0.4) is 0 Å². The van der Waals surface area contributed by atoms with E-state index in [0.29, 0.717) is 12.3 Å². The number of rotatable bonds is 4. The number of hydrogen-bond donors (Lipinski definition) is 0. The summed E-state index contributed by atoms with van der Waals surface area (Å²) in [5.41, 5.74) is 2.81. The van der Waals surface area contributed by atoms with Gasteiger partial charge in [-0.05, 0) is 54.3 Å². The average molecular weight is 281 g/mol. The van der Waals surface area contributed by atoms with Crippen LogP contribution < -0.4 is 0 Å². The highest BCUT2D eigenvalue weighted by molar-refractivity contribution is 6.18. The second-order valence-corrected chi connectivity index (χ2v) is 4.99. The van der Waals surface area contributed by atoms with Crippen LogP contribution >= 0.6 is 11.6 Å². The fraction of sp³-hybridized carbons (Fsp3) is 0.250. The minimum absolute atomic E-state index is 0.0292. The maximum atomic E-state index is 13.2. The van der Waals surface area contributed by atoms with Crippen LogP contribution in [-0.4, -0.2) is 5.88 Å². The molecule has 1 unspecified atom stereocenters. The fourth-order valence-electron chi connectivity index (χ4n) is 2.18. The van der Waals surface area contributed by atoms with Crippen LogP contribution in [0.15, 0.2) is 42.5 Å². The van der Waals surface area contributed by atoms with Crippen molar-refractivity contribution in [1.29, 1.82) is 0 Å². The van der Waals surface area contributed by atoms with Gasteiger partial charge in [0.1, 0.15) is 11.6 Å². The third kappa shape index (κ3) is 3.54. The normalized spacial score (nSPS) is 12.4. The van der Waals surface area contributed by atoms with Crippen molar-refractivity contribution in [2.45, 2.75) is 19.3 Å². The maximum Gasteiger partial charge on any atom is 0.123 e. The Balaban J connectivity index is 2.24. The van der Waals surface area contributed by atoms with E-state index in [0.717, 1.165) is 16.7 Å². The van der Waals surface area contributed by atoms with Gasteiger partial charge in [0.25, 0.3) is 0 Å². The highest BCUT2D eigenvalue weighted by Gasteiger charge is 2.13. The first-order valence-corrected chi connectivity index (χ1v) is 6.70. The minimum Gasteiger partial charge on any atom is -0.207 e. The van der Waals surface area contributed by atoms with Gasteiger partial charge in [-0.2, -0.15) is 0 Å². The lowest BCUT2D eigenvalue weighted by Gasteiger charge is -2.16. The zero-order chi connectivity index (χ0) is 13.8. The molecule has 0 spiro atoms. The molecular formula is C16H15ClF2. The van der Waals surface area contributed by atoms with Gasteiger partial charge in [0, 0.05) is 11.8 Å². The van der Waals surface area contributed by atoms with Gasteiger partial charge in [0.15, 0.2) is 0 Å². The number of halogens is 3. The molecule has 0 heterocycles. The maximum absolute atomic E-state index is 13.2. The molecule has 0 aliphatic carbocycles. The van der Waals surface area contributed by atoms with E-state index in [2.05, 4.69) is 0 Å². The van der Waals surface area contributed by atoms with Crippen molar-refractivity contribution in [3.05, 3.63) is 70.8 Å². The van der Waals surface area contributed by atoms with Crippen LogP contribution in [0.2, 0.25) is 0 Å². The highest BCUT2D eigenvalue weighted by atomic mass is 35.5. The van der Waals surface area contributed by atoms with E-state index in [9.17, 15) is 8.78 Å². The van der Waals surface area contributed by atoms with Gasteiger partial charge in [0.2, 0.25) is 0 Å². The molecule has 19 heavy (non-hydrogen) atoms. The smallest absolute Gasteiger partial charge is 0.123 e. The summed E-state index contributed by atoms with van der Waals surface area (Å²) in [5.74, 6) is -0.0697. The van der Waals surface area contributed by atoms with Crippen LogP contribution in [-0.2, 0) is 6.42 Å². The lowest BCUT2D eigenvalue weighted by atomic mass is 9.91. The van der Waals surface area contributed by atoms with E-state index in [1.165, 1.54) is 24.3 Å². The molecule has 0 nitrogen and oxygen atoms in total. The quantitative estimate of drug-likeness (QED) is 0.703. The predicted octanol–water partition coefficient (Wildman–Crippen LogP) is 4.84. The third-order valence-corrected chi connectivity index (χ3v) is 3.65. The largest absolute Gasteiger partial charge is 0.207 e. The van der Waals surface area contributed by atoms with Crippen LogP contribution in [0.1, 0.15) is 22.6 Å². The lowest BCUT2D eigenvalue weighted by Crippen LogP contribution is -2.06. The fourth-order valence-corrected chi connectivity index (χ4v) is 2.46. The van der Waals surface area contributed by atoms with E-state index in [4.69, 9.17) is 11.6 Å². The molecule has 0 aromatic heterocycles. The van der Waals surface area contributed by atoms with Crippen molar-refractivity contribution in [1.82, 2.24) is 0 Å². The first kappa shape index (κ1) is 14.0. The molecule has 0 fully saturated rings. The average Bonchev–Trinajstić information content (AvgIpc) is 2.38. The monoisotopic (exact) mass is 280 g/mol. The van der Waals surface area contributed by atoms with Crippen LogP contribution in [0.5, 0.6) is 0 Å². The van der Waals surface area contributed by atoms with Crippen LogP contribution in [0.25, 0.3) is 0 Å². The molecule has 3 heteroatoms. The molecule has 0 radical (unpaired) electrons. The summed E-state index contributed by atoms with van der Waals surface area (Å²) in [6.07, 6.45) is 0.680. The van der Waals surface area contributed by atoms with Crippen molar-refractivity contribution in [2.24, 2.45) is 0 Å². The topological polar surface area (TPSA) is 0 Å². The van der Waals surface area contributed by atoms with Crippen molar-refractivity contribution >= 4 is 11.6 Å². The van der Waals surface area contributed by atoms with Gasteiger partial charge in [-0.1, -0.05) is 18.2 Å². The zero-order valence-corrected chi connectivity index (χ0v) is 11.4. The van der Waals surface area contributed by atoms with Gasteiger partial charge in [-0.25, -0.2) is 8.78 Å². The second-order valence-electron chi connectivity index (χ2n) is 4.68. The first-order chi connectivity index (χ1) is 9.10. The summed E-state index contributed by atoms with van der Waals surface area (Å²) in [6, 6.07) is 11.2. The number of aryl methyl sites for hydroxylation is 1. The Kier molecular flexibility index (Phi) is 4.54. The Morgan fingerprint density at radius 1 is 1.05 bits per heavy atom. The van der Waals surface area contributed by atoms with Gasteiger partial charge in [-0.15, -0.1) is 11.6 Å². The predicted molar refractivity (Wildman–Crippen MR) is 74.7 cm³/mol. The lowest BCUT2D eigenvalue weighted by molar-refractivity contribution is 0.619. The van der Waals surface area contributed by atoms with Gasteiger partial charge < -0.3 is 0 Å². The Morgan fingerprint density at radius 2 is 1.79 bits per heavy atom. The molecule has 2 aromatic carbocycles. The van der Waals surface area contributed by atoms with Gasteiger partial charge in [-0.3, -0.25) is 0 Å². The molecule has 0 aliphatic rings. The summed E-state index contributed by atoms with van der Waals surface area (Å²) in [5, 5.41) is 0. The molecule has 0 saturated heterocycles. The SMILES string of the molecule is Cc1cc(F)ccc1CC(CCl)c1cccc(F)c1. The van der Waals surface area contributed by atoms with E-state index in [1.807, 2.05) is 13.0 Å². The van der Waals surface area contributed by atoms with Crippen molar-refractivity contribution in [3.8, 4) is 0 Å². The molecule has 2 rings (SSSR count). The van der Waals surface area contributed by atoms with E-state index < -0.39 is 0 Å². The summed E-state index contributed by atoms with van der Waals surface area (Å²) in [6.45, 7) is 1.87. The Bertz CT molecular complexity index is 566. The standard InChI is InChI=1S/C16H15ClF2/c1-11-7-16(19)6-5-12(11)8-14(10-17)13-3-2-4-15(18)9-13/h2-7,9,14H,8,10H2,1H3. The Labute approximate surface area is 117 Å². The number of hydrogen-bond acceptors (Lipinski definition) is 0. The molecule has 0 bridgehead atoms. The zero-order valence-electron chi connectivity index (χ0n) is 10.7. The Morgan fingerprint density at radius 3 is 2.42 bits per heavy atom. The second kappa shape index (κ2) is 6.16. The van der Waals surface area contributed by atoms with Crippen LogP contribution in [0, 0.1) is 18.6 Å². The van der Waals surface area contributed by atoms with E-state index in [1.54, 1.807) is 12.1 Å². The van der Waals surface area contributed by atoms with Gasteiger partial charge in [0.05, 0.1) is 0 Å². The van der Waals surface area contributed by atoms with Crippen LogP contribution in [0.4, 0.5) is 8.78 Å². The highest BCUT2D eigenvalue weighted by Crippen LogP contribution is 2.25. The minimum atomic E-state index is -0.261. The van der Waals surface area contributed by atoms with Crippen molar-refractivity contribution < 1.29 is 8.78 Å². The van der Waals surface area contributed by atoms with Crippen molar-refractivity contribution in [3.63, 3.8) is 0 Å². The Hall–Kier alpha value is -1.41. The molecule has 1 atom stereocenters. The number of benzene rings is 2. The van der Waals surface area contributed by atoms with Crippen molar-refractivity contribution in [2.75, 3.05) is 5.88 Å². The van der Waals surface area contributed by atoms with Gasteiger partial charge >= 0.3 is 0 Å². The summed E-state index contributed by atoms with van der Waals surface area (Å²) in [4.78, 5) is 0. The summed E-state index contributed by atoms with van der Waals surface area (Å²) in [7, 11) is 0. The number of alkyl halides is 1. The molecule has 0 amide bonds. The molecule has 0 saturated carbocycles. The molecule has 0 N–H and O–H groups in total. The third-order valence-electron chi connectivity index (χ3n) is 3.28. The first-order valence-electron chi connectivity index (χ1n) is 6.16. The molecule has 2 aromatic rings. The summed E-state index contributed by atoms with van der Waals surface area (Å²) >= 11 is 5.99. The molecular weight excluding hydrogens is 266 g/mol. The van der Waals surface area contributed by atoms with E-state index in [-0.39, 0.29) is 17.6 Å². The molecule has 0 aliphatic heterocycles. The van der Waals surface area contributed by atoms with E-state index >= 15 is 0 Å². The molecule has 100 valence electrons. The summed E-state index contributed by atoms with van der Waals surface area (Å²) < 4.78 is 26.3.